The van der Waals surface area contributed by atoms with Gasteiger partial charge in [-0.3, -0.25) is 4.90 Å². The maximum absolute atomic E-state index is 12.7. The van der Waals surface area contributed by atoms with Crippen molar-refractivity contribution in [2.45, 2.75) is 44.2 Å². The van der Waals surface area contributed by atoms with Crippen molar-refractivity contribution in [2.75, 3.05) is 19.6 Å². The maximum Gasteiger partial charge on any atom is 0.407 e. The van der Waals surface area contributed by atoms with Crippen LogP contribution in [0.5, 0.6) is 0 Å². The molecule has 2 unspecified atom stereocenters. The lowest BCUT2D eigenvalue weighted by molar-refractivity contribution is -0.0340. The second-order valence-electron chi connectivity index (χ2n) is 9.18. The Kier molecular flexibility index (Phi) is 4.68. The molecule has 0 saturated carbocycles. The topological polar surface area (TPSA) is 70.2 Å². The van der Waals surface area contributed by atoms with Crippen LogP contribution in [-0.4, -0.2) is 46.7 Å². The van der Waals surface area contributed by atoms with Crippen LogP contribution in [0.4, 0.5) is 4.79 Å². The summed E-state index contributed by atoms with van der Waals surface area (Å²) in [5.41, 5.74) is 5.83. The van der Waals surface area contributed by atoms with Gasteiger partial charge >= 0.3 is 6.09 Å². The largest absolute Gasteiger partial charge is 0.445 e. The zero-order valence-electron chi connectivity index (χ0n) is 17.6. The third kappa shape index (κ3) is 3.49. The number of aromatic amines is 1. The summed E-state index contributed by atoms with van der Waals surface area (Å²) in [6.45, 7) is 3.19. The van der Waals surface area contributed by atoms with E-state index in [1.807, 2.05) is 12.4 Å². The second-order valence-corrected chi connectivity index (χ2v) is 9.18. The summed E-state index contributed by atoms with van der Waals surface area (Å²) in [5, 5.41) is 4.31. The first-order valence-electron chi connectivity index (χ1n) is 11.5. The predicted octanol–water partition coefficient (Wildman–Crippen LogP) is 4.43. The molecule has 6 heteroatoms. The van der Waals surface area contributed by atoms with E-state index in [1.54, 1.807) is 0 Å². The highest BCUT2D eigenvalue weighted by molar-refractivity contribution is 5.93. The fourth-order valence-electron chi connectivity index (χ4n) is 5.70. The van der Waals surface area contributed by atoms with Gasteiger partial charge in [0.15, 0.2) is 0 Å². The zero-order chi connectivity index (χ0) is 20.8. The molecule has 2 aromatic heterocycles. The number of hydrogen-bond acceptors (Lipinski definition) is 4. The van der Waals surface area contributed by atoms with Gasteiger partial charge in [-0.25, -0.2) is 9.78 Å². The van der Waals surface area contributed by atoms with Gasteiger partial charge in [-0.2, -0.15) is 0 Å². The standard InChI is InChI=1S/C25H28N4O2/c30-25(31-23-15-29-12-8-16(23)9-13-29)28-22-3-1-2-17-14-18(4-5-20(17)22)19-6-10-26-24-21(19)7-11-27-24/h4-7,10-11,14,16,22-23H,1-3,8-9,12-13,15H2,(H,26,27)(H,28,30). The minimum Gasteiger partial charge on any atom is -0.445 e. The van der Waals surface area contributed by atoms with Gasteiger partial charge in [0.1, 0.15) is 11.8 Å². The van der Waals surface area contributed by atoms with Gasteiger partial charge in [0, 0.05) is 24.3 Å². The number of carbonyl (C=O) groups is 1. The van der Waals surface area contributed by atoms with Crippen LogP contribution in [0, 0.1) is 5.92 Å². The van der Waals surface area contributed by atoms with Crippen molar-refractivity contribution in [3.05, 3.63) is 53.9 Å². The lowest BCUT2D eigenvalue weighted by Crippen LogP contribution is -2.52. The molecular weight excluding hydrogens is 388 g/mol. The molecule has 4 aliphatic rings. The number of aromatic nitrogens is 2. The maximum atomic E-state index is 12.7. The Balaban J connectivity index is 1.20. The van der Waals surface area contributed by atoms with Crippen molar-refractivity contribution >= 4 is 17.1 Å². The molecule has 31 heavy (non-hydrogen) atoms. The van der Waals surface area contributed by atoms with Crippen molar-refractivity contribution < 1.29 is 9.53 Å². The summed E-state index contributed by atoms with van der Waals surface area (Å²) in [6, 6.07) is 10.8. The third-order valence-electron chi connectivity index (χ3n) is 7.38. The van der Waals surface area contributed by atoms with E-state index in [0.29, 0.717) is 5.92 Å². The first kappa shape index (κ1) is 18.9. The number of nitrogens with one attached hydrogen (secondary N) is 2. The number of fused-ring (bicyclic) bond motifs is 5. The van der Waals surface area contributed by atoms with Crippen LogP contribution < -0.4 is 5.32 Å². The molecule has 3 fully saturated rings. The van der Waals surface area contributed by atoms with E-state index in [0.717, 1.165) is 62.8 Å². The molecule has 6 nitrogen and oxygen atoms in total. The Bertz CT molecular complexity index is 1120. The number of hydrogen-bond donors (Lipinski definition) is 2. The minimum absolute atomic E-state index is 0.0242. The normalized spacial score (nSPS) is 27.1. The van der Waals surface area contributed by atoms with E-state index in [2.05, 4.69) is 50.5 Å². The molecule has 160 valence electrons. The van der Waals surface area contributed by atoms with E-state index >= 15 is 0 Å². The number of piperidine rings is 3. The van der Waals surface area contributed by atoms with Gasteiger partial charge in [-0.05, 0) is 85.5 Å². The van der Waals surface area contributed by atoms with Gasteiger partial charge in [0.25, 0.3) is 0 Å². The predicted molar refractivity (Wildman–Crippen MR) is 120 cm³/mol. The summed E-state index contributed by atoms with van der Waals surface area (Å²) in [7, 11) is 0. The number of nitrogens with zero attached hydrogens (tertiary/aromatic N) is 2. The first-order valence-corrected chi connectivity index (χ1v) is 11.5. The molecule has 3 aliphatic heterocycles. The Labute approximate surface area is 182 Å². The molecule has 1 aliphatic carbocycles. The van der Waals surface area contributed by atoms with Crippen molar-refractivity contribution in [3.8, 4) is 11.1 Å². The number of benzene rings is 1. The molecular formula is C25H28N4O2. The molecule has 5 heterocycles. The van der Waals surface area contributed by atoms with Crippen LogP contribution in [0.1, 0.15) is 42.9 Å². The number of amides is 1. The van der Waals surface area contributed by atoms with Gasteiger partial charge in [-0.1, -0.05) is 18.2 Å². The quantitative estimate of drug-likeness (QED) is 0.663. The lowest BCUT2D eigenvalue weighted by Gasteiger charge is -2.44. The third-order valence-corrected chi connectivity index (χ3v) is 7.38. The van der Waals surface area contributed by atoms with Crippen LogP contribution >= 0.6 is 0 Å². The van der Waals surface area contributed by atoms with Crippen molar-refractivity contribution in [1.82, 2.24) is 20.2 Å². The Morgan fingerprint density at radius 1 is 1.16 bits per heavy atom. The van der Waals surface area contributed by atoms with Crippen LogP contribution in [0.15, 0.2) is 42.7 Å². The molecule has 1 amide bonds. The van der Waals surface area contributed by atoms with Crippen molar-refractivity contribution in [1.29, 1.82) is 0 Å². The van der Waals surface area contributed by atoms with E-state index in [-0.39, 0.29) is 18.2 Å². The van der Waals surface area contributed by atoms with Gasteiger partial charge in [0.05, 0.1) is 6.04 Å². The number of H-pyrrole nitrogens is 1. The van der Waals surface area contributed by atoms with E-state index in [9.17, 15) is 4.79 Å². The highest BCUT2D eigenvalue weighted by Gasteiger charge is 2.37. The number of carbonyl (C=O) groups excluding carboxylic acids is 1. The Hall–Kier alpha value is -2.86. The fraction of sp³-hybridized carbons (Fsp3) is 0.440. The summed E-state index contributed by atoms with van der Waals surface area (Å²) < 4.78 is 5.87. The second kappa shape index (κ2) is 7.68. The minimum atomic E-state index is -0.260. The molecule has 2 N–H and O–H groups in total. The number of ether oxygens (including phenoxy) is 1. The molecule has 3 aromatic rings. The van der Waals surface area contributed by atoms with E-state index < -0.39 is 0 Å². The van der Waals surface area contributed by atoms with E-state index in [1.165, 1.54) is 22.3 Å². The molecule has 0 spiro atoms. The summed E-state index contributed by atoms with van der Waals surface area (Å²) >= 11 is 0. The summed E-state index contributed by atoms with van der Waals surface area (Å²) in [6.07, 6.45) is 8.93. The van der Waals surface area contributed by atoms with Crippen LogP contribution in [0.3, 0.4) is 0 Å². The van der Waals surface area contributed by atoms with Crippen LogP contribution in [-0.2, 0) is 11.2 Å². The number of pyridine rings is 1. The van der Waals surface area contributed by atoms with Crippen LogP contribution in [0.2, 0.25) is 0 Å². The molecule has 7 rings (SSSR count). The van der Waals surface area contributed by atoms with E-state index in [4.69, 9.17) is 4.74 Å². The lowest BCUT2D eigenvalue weighted by atomic mass is 9.85. The average Bonchev–Trinajstić information content (AvgIpc) is 3.29. The summed E-state index contributed by atoms with van der Waals surface area (Å²) in [4.78, 5) is 22.7. The molecule has 1 aromatic carbocycles. The Morgan fingerprint density at radius 3 is 2.90 bits per heavy atom. The molecule has 2 bridgehead atoms. The number of alkyl carbamates (subject to hydrolysis) is 1. The number of rotatable bonds is 3. The highest BCUT2D eigenvalue weighted by atomic mass is 16.6. The smallest absolute Gasteiger partial charge is 0.407 e. The van der Waals surface area contributed by atoms with Crippen molar-refractivity contribution in [2.24, 2.45) is 5.92 Å². The Morgan fingerprint density at radius 2 is 2.06 bits per heavy atom. The van der Waals surface area contributed by atoms with Crippen LogP contribution in [0.25, 0.3) is 22.2 Å². The zero-order valence-corrected chi connectivity index (χ0v) is 17.6. The van der Waals surface area contributed by atoms with Gasteiger partial charge in [0.2, 0.25) is 0 Å². The SMILES string of the molecule is O=C(NC1CCCc2cc(-c3ccnc4[nH]ccc34)ccc21)OC1CN2CCC1CC2. The molecule has 2 atom stereocenters. The summed E-state index contributed by atoms with van der Waals surface area (Å²) in [5.74, 6) is 0.530. The van der Waals surface area contributed by atoms with Crippen molar-refractivity contribution in [3.63, 3.8) is 0 Å². The first-order chi connectivity index (χ1) is 15.2. The monoisotopic (exact) mass is 416 g/mol. The fourth-order valence-corrected chi connectivity index (χ4v) is 5.70. The van der Waals surface area contributed by atoms with Gasteiger partial charge < -0.3 is 15.0 Å². The van der Waals surface area contributed by atoms with Gasteiger partial charge in [-0.15, -0.1) is 0 Å². The molecule has 3 saturated heterocycles. The average molecular weight is 417 g/mol. The highest BCUT2D eigenvalue weighted by Crippen LogP contribution is 2.35. The molecule has 0 radical (unpaired) electrons. The number of aryl methyl sites for hydroxylation is 1.